The minimum Gasteiger partial charge on any atom is -0.479 e. The second-order valence-corrected chi connectivity index (χ2v) is 21.8. The Hall–Kier alpha value is 1.45. The van der Waals surface area contributed by atoms with Gasteiger partial charge in [0.2, 0.25) is 0 Å². The molecule has 0 aromatic rings. The first-order chi connectivity index (χ1) is 19.6. The first-order valence-electron chi connectivity index (χ1n) is 13.3. The molecule has 3 amide bonds. The van der Waals surface area contributed by atoms with Crippen molar-refractivity contribution in [3.8, 4) is 0 Å². The molecule has 0 aromatic carbocycles. The van der Waals surface area contributed by atoms with E-state index in [1.807, 2.05) is 64.1 Å². The molecule has 0 spiro atoms. The summed E-state index contributed by atoms with van der Waals surface area (Å²) in [5.74, 6) is -1.48. The van der Waals surface area contributed by atoms with E-state index in [4.69, 9.17) is 19.7 Å². The number of alkyl halides is 3. The standard InChI is InChI=1S/C12H22N2O4.C9H18N2O2.C3H6O3.CHI3.CH2I.CH3.2V/c1-9(15)10(16)13-5-7-14(8-6-13)11(17)18-12(2,3)4;1-9(2,3)13-8(12)11-6-4-10-5-7-11;1-2(4)3(5)6;2-1(3)4;1-2;;;/h9,15H,5-8H2,1-4H3;10H,4-7H2,1-3H3;2,4H,1H3,(H,5,6);1H;1H2;1H3;;/q;;;;2*-1;;/t9-;;2-;;;;;/m0.0...../s1. The van der Waals surface area contributed by atoms with Gasteiger partial charge in [0.05, 0.1) is 0 Å². The third-order valence-corrected chi connectivity index (χ3v) is 4.73. The maximum Gasteiger partial charge on any atom is 0.410 e. The molecule has 46 heavy (non-hydrogen) atoms. The van der Waals surface area contributed by atoms with Crippen LogP contribution >= 0.6 is 90.4 Å². The van der Waals surface area contributed by atoms with Gasteiger partial charge >= 0.3 is 18.2 Å². The topological polar surface area (TPSA) is 169 Å². The minimum atomic E-state index is -1.23. The van der Waals surface area contributed by atoms with Crippen LogP contribution in [0, 0.1) is 12.4 Å². The van der Waals surface area contributed by atoms with Gasteiger partial charge in [0.1, 0.15) is 23.3 Å². The van der Waals surface area contributed by atoms with Crippen LogP contribution in [0.2, 0.25) is 0 Å². The Morgan fingerprint density at radius 3 is 1.20 bits per heavy atom. The molecule has 274 valence electrons. The van der Waals surface area contributed by atoms with Crippen molar-refractivity contribution in [3.05, 3.63) is 12.4 Å². The van der Waals surface area contributed by atoms with Crippen molar-refractivity contribution in [1.29, 1.82) is 0 Å². The molecule has 13 nitrogen and oxygen atoms in total. The molecule has 0 saturated carbocycles. The molecule has 4 N–H and O–H groups in total. The zero-order valence-electron chi connectivity index (χ0n) is 28.1. The number of ether oxygens (including phenoxy) is 2. The summed E-state index contributed by atoms with van der Waals surface area (Å²) in [4.78, 5) is 52.4. The van der Waals surface area contributed by atoms with Crippen LogP contribution in [0.15, 0.2) is 0 Å². The van der Waals surface area contributed by atoms with Gasteiger partial charge in [-0.3, -0.25) is 9.73 Å². The maximum atomic E-state index is 11.8. The Balaban J connectivity index is -0.000000126. The van der Waals surface area contributed by atoms with E-state index in [9.17, 15) is 24.3 Å². The zero-order valence-corrected chi connectivity index (χ0v) is 39.6. The van der Waals surface area contributed by atoms with Gasteiger partial charge in [-0.15, -0.1) is 0 Å². The van der Waals surface area contributed by atoms with E-state index < -0.39 is 23.8 Å². The Kier molecular flexibility index (Phi) is 41.9. The molecule has 2 rings (SSSR count). The molecule has 2 atom stereocenters. The van der Waals surface area contributed by atoms with Crippen molar-refractivity contribution in [2.75, 3.05) is 52.4 Å². The molecule has 19 heteroatoms. The Labute approximate surface area is 354 Å². The number of aliphatic carboxylic acids is 1. The molecule has 2 fully saturated rings. The number of rotatable bonds is 2. The molecule has 2 radical (unpaired) electrons. The van der Waals surface area contributed by atoms with E-state index >= 15 is 0 Å². The number of nitrogens with one attached hydrogen (secondary N) is 1. The average Bonchev–Trinajstić information content (AvgIpc) is 2.88. The molecular weight excluding hydrogens is 1130 g/mol. The van der Waals surface area contributed by atoms with Gasteiger partial charge in [0.25, 0.3) is 5.91 Å². The first kappa shape index (κ1) is 59.6. The molecule has 0 unspecified atom stereocenters. The van der Waals surface area contributed by atoms with Crippen molar-refractivity contribution < 1.29 is 81.1 Å². The van der Waals surface area contributed by atoms with Gasteiger partial charge in [-0.1, -0.05) is 67.8 Å². The maximum absolute atomic E-state index is 11.8. The van der Waals surface area contributed by atoms with Gasteiger partial charge in [-0.05, 0) is 55.4 Å². The number of nitrogens with zero attached hydrogens (tertiary/aromatic N) is 3. The van der Waals surface area contributed by atoms with E-state index in [2.05, 4.69) is 78.0 Å². The molecule has 2 aliphatic rings. The van der Waals surface area contributed by atoms with E-state index in [0.717, 1.165) is 26.1 Å². The van der Waals surface area contributed by atoms with Crippen LogP contribution in [0.25, 0.3) is 0 Å². The Bertz CT molecular complexity index is 804. The number of piperazine rings is 2. The molecule has 2 saturated heterocycles. The monoisotopic (exact) mass is 1190 g/mol. The molecular formula is C27H52I4N4O9V2-2. The molecule has 2 aliphatic heterocycles. The predicted octanol–water partition coefficient (Wildman–Crippen LogP) is 4.96. The fourth-order valence-corrected chi connectivity index (χ4v) is 2.87. The number of hydrogen-bond acceptors (Lipinski definition) is 9. The SMILES string of the molecule is CC(C)(C)OC(=O)N1CCNCC1.C[C@H](O)C(=O)N1CCN(C(=O)OC(C)(C)C)CC1.C[C@H](O)C(=O)O.IC(I)I.[CH2-]I.[CH3-].[V].[V]. The molecule has 0 aliphatic carbocycles. The van der Waals surface area contributed by atoms with Crippen LogP contribution < -0.4 is 5.32 Å². The summed E-state index contributed by atoms with van der Waals surface area (Å²) in [7, 11) is 0. The van der Waals surface area contributed by atoms with Crippen molar-refractivity contribution in [2.45, 2.75) is 78.7 Å². The summed E-state index contributed by atoms with van der Waals surface area (Å²) in [6.07, 6.45) is -2.77. The smallest absolute Gasteiger partial charge is 0.410 e. The molecule has 0 aromatic heterocycles. The summed E-state index contributed by atoms with van der Waals surface area (Å²) in [5.41, 5.74) is -0.897. The second-order valence-electron chi connectivity index (χ2n) is 10.9. The van der Waals surface area contributed by atoms with Gasteiger partial charge in [-0.25, -0.2) is 14.4 Å². The summed E-state index contributed by atoms with van der Waals surface area (Å²) in [6.45, 7) is 18.7. The van der Waals surface area contributed by atoms with Crippen LogP contribution in [0.5, 0.6) is 0 Å². The number of hydrogen-bond donors (Lipinski definition) is 4. The fraction of sp³-hybridized carbons (Fsp3) is 0.778. The van der Waals surface area contributed by atoms with E-state index in [0.29, 0.717) is 26.2 Å². The summed E-state index contributed by atoms with van der Waals surface area (Å²) in [5, 5.41) is 28.2. The van der Waals surface area contributed by atoms with Crippen LogP contribution in [-0.4, -0.2) is 130 Å². The number of carbonyl (C=O) groups excluding carboxylic acids is 3. The quantitative estimate of drug-likeness (QED) is 0.169. The van der Waals surface area contributed by atoms with Gasteiger partial charge in [0, 0.05) is 89.5 Å². The number of aliphatic hydroxyl groups excluding tert-OH is 2. The number of aliphatic hydroxyl groups is 2. The molecule has 2 heterocycles. The number of carbonyl (C=O) groups is 4. The zero-order chi connectivity index (χ0) is 34.6. The predicted molar refractivity (Wildman–Crippen MR) is 208 cm³/mol. The van der Waals surface area contributed by atoms with Crippen LogP contribution in [0.1, 0.15) is 55.4 Å². The van der Waals surface area contributed by atoms with Crippen LogP contribution in [0.4, 0.5) is 9.59 Å². The third kappa shape index (κ3) is 36.7. The number of carboxylic acids is 1. The van der Waals surface area contributed by atoms with Crippen LogP contribution in [0.3, 0.4) is 0 Å². The molecule has 0 bridgehead atoms. The van der Waals surface area contributed by atoms with E-state index in [1.54, 1.807) is 14.7 Å². The van der Waals surface area contributed by atoms with Gasteiger partial charge < -0.3 is 74.8 Å². The van der Waals surface area contributed by atoms with Crippen LogP contribution in [-0.2, 0) is 56.2 Å². The normalized spacial score (nSPS) is 15.2. The van der Waals surface area contributed by atoms with E-state index in [1.165, 1.54) is 13.8 Å². The largest absolute Gasteiger partial charge is 0.479 e. The van der Waals surface area contributed by atoms with Gasteiger partial charge in [0.15, 0.2) is 0 Å². The fourth-order valence-electron chi connectivity index (χ4n) is 2.87. The number of halogens is 4. The third-order valence-electron chi connectivity index (χ3n) is 4.73. The number of amides is 3. The first-order valence-corrected chi connectivity index (χ1v) is 18.6. The van der Waals surface area contributed by atoms with Crippen molar-refractivity contribution in [1.82, 2.24) is 20.0 Å². The Morgan fingerprint density at radius 2 is 0.957 bits per heavy atom. The minimum absolute atomic E-state index is 0. The average molecular weight is 1190 g/mol. The van der Waals surface area contributed by atoms with E-state index in [-0.39, 0.29) is 68.2 Å². The Morgan fingerprint density at radius 1 is 0.696 bits per heavy atom. The van der Waals surface area contributed by atoms with Crippen molar-refractivity contribution >= 4 is 114 Å². The number of carboxylic acid groups (broad SMARTS) is 1. The summed E-state index contributed by atoms with van der Waals surface area (Å²) in [6, 6.07) is 0. The summed E-state index contributed by atoms with van der Waals surface area (Å²) >= 11 is 8.85. The summed E-state index contributed by atoms with van der Waals surface area (Å²) < 4.78 is 11.2. The van der Waals surface area contributed by atoms with Crippen molar-refractivity contribution in [3.63, 3.8) is 0 Å². The second kappa shape index (κ2) is 32.4. The van der Waals surface area contributed by atoms with Gasteiger partial charge in [-0.2, -0.15) is 0 Å². The van der Waals surface area contributed by atoms with Crippen molar-refractivity contribution in [2.24, 2.45) is 0 Å².